The number of ketones is 1. The zero-order valence-corrected chi connectivity index (χ0v) is 11.5. The van der Waals surface area contributed by atoms with Gasteiger partial charge in [-0.3, -0.25) is 4.79 Å². The average molecular weight is 292 g/mol. The van der Waals surface area contributed by atoms with E-state index in [1.165, 1.54) is 0 Å². The number of hydrogen-bond donors (Lipinski definition) is 0. The molecular weight excluding hydrogens is 276 g/mol. The molecule has 0 heterocycles. The maximum atomic E-state index is 12.6. The summed E-state index contributed by atoms with van der Waals surface area (Å²) in [6.07, 6.45) is -3.81. The van der Waals surface area contributed by atoms with Crippen molar-refractivity contribution in [2.45, 2.75) is 33.1 Å². The highest BCUT2D eigenvalue weighted by atomic mass is 19.3. The van der Waals surface area contributed by atoms with Gasteiger partial charge in [0.25, 0.3) is 0 Å². The molecule has 0 aliphatic carbocycles. The van der Waals surface area contributed by atoms with Crippen molar-refractivity contribution in [3.63, 3.8) is 0 Å². The molecule has 0 aromatic heterocycles. The molecule has 1 aromatic rings. The Hall–Kier alpha value is -1.43. The van der Waals surface area contributed by atoms with Crippen LogP contribution in [0.1, 0.15) is 27.0 Å². The van der Waals surface area contributed by atoms with Crippen LogP contribution in [0.5, 0.6) is 0 Å². The highest BCUT2D eigenvalue weighted by molar-refractivity contribution is 5.99. The quantitative estimate of drug-likeness (QED) is 0.590. The van der Waals surface area contributed by atoms with Gasteiger partial charge in [0, 0.05) is 5.56 Å². The van der Waals surface area contributed by atoms with Crippen molar-refractivity contribution in [3.05, 3.63) is 34.4 Å². The Balaban J connectivity index is 2.70. The van der Waals surface area contributed by atoms with Gasteiger partial charge in [-0.15, -0.1) is 0 Å². The molecule has 0 bridgehead atoms. The zero-order chi connectivity index (χ0) is 15.5. The van der Waals surface area contributed by atoms with Crippen LogP contribution in [0, 0.1) is 20.8 Å². The highest BCUT2D eigenvalue weighted by Gasteiger charge is 2.41. The minimum Gasteiger partial charge on any atom is -0.367 e. The summed E-state index contributed by atoms with van der Waals surface area (Å²) in [5.74, 6) is -4.73. The molecule has 0 saturated carbocycles. The molecule has 1 aromatic carbocycles. The first-order valence-electron chi connectivity index (χ1n) is 6.00. The van der Waals surface area contributed by atoms with Crippen molar-refractivity contribution >= 4 is 5.78 Å². The lowest BCUT2D eigenvalue weighted by atomic mass is 9.97. The number of rotatable bonds is 6. The number of hydrogen-bond acceptors (Lipinski definition) is 2. The van der Waals surface area contributed by atoms with E-state index in [9.17, 15) is 22.4 Å². The predicted molar refractivity (Wildman–Crippen MR) is 66.8 cm³/mol. The van der Waals surface area contributed by atoms with Crippen molar-refractivity contribution in [3.8, 4) is 0 Å². The van der Waals surface area contributed by atoms with Crippen LogP contribution in [0.4, 0.5) is 17.6 Å². The van der Waals surface area contributed by atoms with Crippen LogP contribution in [-0.2, 0) is 4.74 Å². The monoisotopic (exact) mass is 292 g/mol. The predicted octanol–water partition coefficient (Wildman–Crippen LogP) is 3.71. The van der Waals surface area contributed by atoms with Gasteiger partial charge in [-0.25, -0.2) is 8.78 Å². The Kier molecular flexibility index (Phi) is 5.28. The number of alkyl halides is 4. The van der Waals surface area contributed by atoms with Gasteiger partial charge >= 0.3 is 12.3 Å². The molecule has 0 radical (unpaired) electrons. The molecule has 0 atom stereocenters. The molecular formula is C14H16F4O2. The molecule has 0 N–H and O–H groups in total. The van der Waals surface area contributed by atoms with Crippen molar-refractivity contribution in [1.29, 1.82) is 0 Å². The topological polar surface area (TPSA) is 26.3 Å². The first-order chi connectivity index (χ1) is 9.15. The van der Waals surface area contributed by atoms with Crippen LogP contribution in [0.3, 0.4) is 0 Å². The molecule has 0 amide bonds. The third-order valence-electron chi connectivity index (χ3n) is 2.80. The standard InChI is InChI=1S/C14H16F4O2/c1-8-4-9(2)12(10(3)5-8)11(19)6-20-7-14(17,18)13(15)16/h4-5,13H,6-7H2,1-3H3. The van der Waals surface area contributed by atoms with Crippen LogP contribution in [0.25, 0.3) is 0 Å². The molecule has 6 heteroatoms. The molecule has 0 fully saturated rings. The lowest BCUT2D eigenvalue weighted by Gasteiger charge is -2.15. The van der Waals surface area contributed by atoms with Gasteiger partial charge in [0.15, 0.2) is 5.78 Å². The highest BCUT2D eigenvalue weighted by Crippen LogP contribution is 2.23. The lowest BCUT2D eigenvalue weighted by Crippen LogP contribution is -2.33. The lowest BCUT2D eigenvalue weighted by molar-refractivity contribution is -0.163. The summed E-state index contributed by atoms with van der Waals surface area (Å²) in [7, 11) is 0. The van der Waals surface area contributed by atoms with E-state index in [0.717, 1.165) is 5.56 Å². The summed E-state index contributed by atoms with van der Waals surface area (Å²) in [6.45, 7) is 3.20. The van der Waals surface area contributed by atoms with Crippen LogP contribution >= 0.6 is 0 Å². The first-order valence-corrected chi connectivity index (χ1v) is 6.00. The number of carbonyl (C=O) groups excluding carboxylic acids is 1. The molecule has 0 spiro atoms. The summed E-state index contributed by atoms with van der Waals surface area (Å²) >= 11 is 0. The number of benzene rings is 1. The van der Waals surface area contributed by atoms with Crippen LogP contribution in [0.15, 0.2) is 12.1 Å². The van der Waals surface area contributed by atoms with Gasteiger partial charge in [-0.1, -0.05) is 17.7 Å². The average Bonchev–Trinajstić information content (AvgIpc) is 2.26. The Morgan fingerprint density at radius 2 is 1.70 bits per heavy atom. The first kappa shape index (κ1) is 16.6. The Morgan fingerprint density at radius 3 is 2.15 bits per heavy atom. The van der Waals surface area contributed by atoms with Crippen molar-refractivity contribution < 1.29 is 27.1 Å². The van der Waals surface area contributed by atoms with E-state index in [-0.39, 0.29) is 0 Å². The minimum atomic E-state index is -4.24. The van der Waals surface area contributed by atoms with Crippen LogP contribution < -0.4 is 0 Å². The van der Waals surface area contributed by atoms with Gasteiger partial charge in [-0.2, -0.15) is 8.78 Å². The van der Waals surface area contributed by atoms with E-state index in [4.69, 9.17) is 0 Å². The number of halogens is 4. The smallest absolute Gasteiger partial charge is 0.330 e. The van der Waals surface area contributed by atoms with Gasteiger partial charge in [0.2, 0.25) is 0 Å². The maximum absolute atomic E-state index is 12.6. The summed E-state index contributed by atoms with van der Waals surface area (Å²) in [6, 6.07) is 3.57. The second kappa shape index (κ2) is 6.35. The Morgan fingerprint density at radius 1 is 1.20 bits per heavy atom. The molecule has 0 aliphatic heterocycles. The van der Waals surface area contributed by atoms with E-state index in [1.54, 1.807) is 26.0 Å². The van der Waals surface area contributed by atoms with E-state index < -0.39 is 31.3 Å². The third-order valence-corrected chi connectivity index (χ3v) is 2.80. The Labute approximate surface area is 114 Å². The molecule has 20 heavy (non-hydrogen) atoms. The Bertz CT molecular complexity index is 475. The summed E-state index contributed by atoms with van der Waals surface area (Å²) in [5, 5.41) is 0. The van der Waals surface area contributed by atoms with E-state index in [0.29, 0.717) is 16.7 Å². The second-order valence-electron chi connectivity index (χ2n) is 4.75. The van der Waals surface area contributed by atoms with Gasteiger partial charge < -0.3 is 4.74 Å². The molecule has 112 valence electrons. The maximum Gasteiger partial charge on any atom is 0.330 e. The number of carbonyl (C=O) groups is 1. The SMILES string of the molecule is Cc1cc(C)c(C(=O)COCC(F)(F)C(F)F)c(C)c1. The summed E-state index contributed by atoms with van der Waals surface area (Å²) in [5.41, 5.74) is 2.77. The van der Waals surface area contributed by atoms with Crippen molar-refractivity contribution in [2.24, 2.45) is 0 Å². The number of ether oxygens (including phenoxy) is 1. The molecule has 0 unspecified atom stereocenters. The fourth-order valence-corrected chi connectivity index (χ4v) is 2.03. The van der Waals surface area contributed by atoms with Gasteiger partial charge in [0.05, 0.1) is 0 Å². The van der Waals surface area contributed by atoms with E-state index in [1.807, 2.05) is 6.92 Å². The van der Waals surface area contributed by atoms with Crippen molar-refractivity contribution in [1.82, 2.24) is 0 Å². The minimum absolute atomic E-state index is 0.385. The number of Topliss-reactive ketones (excluding diaryl/α,β-unsaturated/α-hetero) is 1. The molecule has 2 nitrogen and oxygen atoms in total. The molecule has 1 rings (SSSR count). The fraction of sp³-hybridized carbons (Fsp3) is 0.500. The number of aryl methyl sites for hydroxylation is 3. The second-order valence-corrected chi connectivity index (χ2v) is 4.75. The van der Waals surface area contributed by atoms with E-state index in [2.05, 4.69) is 4.74 Å². The molecule has 0 saturated heterocycles. The van der Waals surface area contributed by atoms with Gasteiger partial charge in [-0.05, 0) is 31.9 Å². The third kappa shape index (κ3) is 4.03. The summed E-state index contributed by atoms with van der Waals surface area (Å²) in [4.78, 5) is 11.9. The summed E-state index contributed by atoms with van der Waals surface area (Å²) < 4.78 is 53.5. The van der Waals surface area contributed by atoms with Crippen molar-refractivity contribution in [2.75, 3.05) is 13.2 Å². The zero-order valence-electron chi connectivity index (χ0n) is 11.5. The van der Waals surface area contributed by atoms with E-state index >= 15 is 0 Å². The fourth-order valence-electron chi connectivity index (χ4n) is 2.03. The molecule has 0 aliphatic rings. The largest absolute Gasteiger partial charge is 0.367 e. The normalized spacial score (nSPS) is 12.0. The van der Waals surface area contributed by atoms with Crippen LogP contribution in [0.2, 0.25) is 0 Å². The van der Waals surface area contributed by atoms with Crippen LogP contribution in [-0.4, -0.2) is 31.3 Å². The van der Waals surface area contributed by atoms with Gasteiger partial charge in [0.1, 0.15) is 13.2 Å².